The Morgan fingerprint density at radius 2 is 2.20 bits per heavy atom. The maximum atomic E-state index is 13.2. The fourth-order valence-electron chi connectivity index (χ4n) is 3.47. The summed E-state index contributed by atoms with van der Waals surface area (Å²) >= 11 is 0. The first-order valence-electron chi connectivity index (χ1n) is 8.60. The maximum Gasteiger partial charge on any atom is 0.259 e. The summed E-state index contributed by atoms with van der Waals surface area (Å²) in [5.74, 6) is 0.918. The minimum atomic E-state index is -0.0433. The van der Waals surface area contributed by atoms with Crippen molar-refractivity contribution in [1.29, 1.82) is 0 Å². The van der Waals surface area contributed by atoms with Crippen molar-refractivity contribution in [1.82, 2.24) is 15.0 Å². The van der Waals surface area contributed by atoms with Crippen LogP contribution < -0.4 is 5.73 Å². The summed E-state index contributed by atoms with van der Waals surface area (Å²) in [4.78, 5) is 19.5. The molecule has 1 saturated carbocycles. The van der Waals surface area contributed by atoms with E-state index < -0.39 is 0 Å². The zero-order chi connectivity index (χ0) is 17.0. The lowest BCUT2D eigenvalue weighted by Gasteiger charge is -2.16. The predicted molar refractivity (Wildman–Crippen MR) is 90.0 cm³/mol. The van der Waals surface area contributed by atoms with Crippen LogP contribution in [0.3, 0.4) is 0 Å². The van der Waals surface area contributed by atoms with Crippen molar-refractivity contribution in [2.75, 3.05) is 13.1 Å². The Hall–Kier alpha value is -2.67. The highest BCUT2D eigenvalue weighted by Crippen LogP contribution is 2.43. The summed E-state index contributed by atoms with van der Waals surface area (Å²) in [7, 11) is 0. The van der Waals surface area contributed by atoms with Crippen LogP contribution in [0, 0.1) is 0 Å². The van der Waals surface area contributed by atoms with E-state index >= 15 is 0 Å². The number of pyridine rings is 1. The average Bonchev–Trinajstić information content (AvgIpc) is 3.05. The van der Waals surface area contributed by atoms with Gasteiger partial charge in [0.2, 0.25) is 0 Å². The standard InChI is InChI=1S/C18H18N4O3/c19-11-5-6-22(9-11)18(23)12-8-13(14-2-1-7-24-14)20-17-15(12)16(21-25-17)10-3-4-10/h1-2,7-8,10-11H,3-6,9,19H2/t11-/m1/s1. The quantitative estimate of drug-likeness (QED) is 0.788. The van der Waals surface area contributed by atoms with Crippen molar-refractivity contribution in [3.05, 3.63) is 35.7 Å². The van der Waals surface area contributed by atoms with Crippen molar-refractivity contribution in [3.8, 4) is 11.5 Å². The Bertz CT molecular complexity index is 943. The van der Waals surface area contributed by atoms with Crippen molar-refractivity contribution < 1.29 is 13.7 Å². The summed E-state index contributed by atoms with van der Waals surface area (Å²) in [6.07, 6.45) is 4.55. The van der Waals surface area contributed by atoms with Crippen LogP contribution in [-0.2, 0) is 0 Å². The molecule has 7 nitrogen and oxygen atoms in total. The molecule has 7 heteroatoms. The minimum Gasteiger partial charge on any atom is -0.463 e. The Kier molecular flexibility index (Phi) is 3.18. The molecule has 1 aliphatic carbocycles. The van der Waals surface area contributed by atoms with Gasteiger partial charge in [-0.1, -0.05) is 5.16 Å². The molecule has 25 heavy (non-hydrogen) atoms. The van der Waals surface area contributed by atoms with E-state index in [1.165, 1.54) is 0 Å². The molecule has 5 rings (SSSR count). The third-order valence-corrected chi connectivity index (χ3v) is 4.95. The molecule has 0 bridgehead atoms. The first kappa shape index (κ1) is 14.7. The molecule has 2 fully saturated rings. The highest BCUT2D eigenvalue weighted by atomic mass is 16.5. The number of carbonyl (C=O) groups excluding carboxylic acids is 1. The number of amides is 1. The molecular formula is C18H18N4O3. The highest BCUT2D eigenvalue weighted by Gasteiger charge is 2.34. The second-order valence-corrected chi connectivity index (χ2v) is 6.85. The molecule has 3 aromatic rings. The van der Waals surface area contributed by atoms with E-state index in [1.807, 2.05) is 6.07 Å². The summed E-state index contributed by atoms with van der Waals surface area (Å²) in [6.45, 7) is 1.24. The summed E-state index contributed by atoms with van der Waals surface area (Å²) in [5.41, 5.74) is 8.37. The molecule has 1 atom stereocenters. The highest BCUT2D eigenvalue weighted by molar-refractivity contribution is 6.07. The number of nitrogens with zero attached hydrogens (tertiary/aromatic N) is 3. The van der Waals surface area contributed by atoms with Crippen LogP contribution in [0.2, 0.25) is 0 Å². The molecule has 1 amide bonds. The zero-order valence-electron chi connectivity index (χ0n) is 13.6. The van der Waals surface area contributed by atoms with Gasteiger partial charge in [0.1, 0.15) is 5.69 Å². The molecule has 0 spiro atoms. The van der Waals surface area contributed by atoms with Gasteiger partial charge in [0.25, 0.3) is 11.6 Å². The number of carbonyl (C=O) groups is 1. The molecule has 4 heterocycles. The number of nitrogens with two attached hydrogens (primary N) is 1. The van der Waals surface area contributed by atoms with Gasteiger partial charge in [-0.25, -0.2) is 4.98 Å². The summed E-state index contributed by atoms with van der Waals surface area (Å²) in [6, 6.07) is 5.43. The van der Waals surface area contributed by atoms with Gasteiger partial charge in [0.05, 0.1) is 22.9 Å². The van der Waals surface area contributed by atoms with Gasteiger partial charge >= 0.3 is 0 Å². The van der Waals surface area contributed by atoms with Gasteiger partial charge in [0.15, 0.2) is 5.76 Å². The largest absolute Gasteiger partial charge is 0.463 e. The van der Waals surface area contributed by atoms with E-state index in [0.29, 0.717) is 41.7 Å². The van der Waals surface area contributed by atoms with Crippen LogP contribution in [0.4, 0.5) is 0 Å². The summed E-state index contributed by atoms with van der Waals surface area (Å²) < 4.78 is 10.9. The SMILES string of the molecule is N[C@@H]1CCN(C(=O)c2cc(-c3ccco3)nc3onc(C4CC4)c23)C1. The van der Waals surface area contributed by atoms with Crippen LogP contribution in [0.25, 0.3) is 22.6 Å². The lowest BCUT2D eigenvalue weighted by Crippen LogP contribution is -2.32. The fourth-order valence-corrected chi connectivity index (χ4v) is 3.47. The number of rotatable bonds is 3. The van der Waals surface area contributed by atoms with Crippen LogP contribution >= 0.6 is 0 Å². The molecule has 2 N–H and O–H groups in total. The smallest absolute Gasteiger partial charge is 0.259 e. The van der Waals surface area contributed by atoms with E-state index in [4.69, 9.17) is 14.7 Å². The molecule has 3 aromatic heterocycles. The lowest BCUT2D eigenvalue weighted by molar-refractivity contribution is 0.0792. The Morgan fingerprint density at radius 1 is 1.32 bits per heavy atom. The second-order valence-electron chi connectivity index (χ2n) is 6.85. The number of furan rings is 1. The number of aromatic nitrogens is 2. The van der Waals surface area contributed by atoms with E-state index in [1.54, 1.807) is 23.3 Å². The Balaban J connectivity index is 1.67. The summed E-state index contributed by atoms with van der Waals surface area (Å²) in [5, 5.41) is 4.94. The third-order valence-electron chi connectivity index (χ3n) is 4.95. The average molecular weight is 338 g/mol. The fraction of sp³-hybridized carbons (Fsp3) is 0.389. The van der Waals surface area contributed by atoms with Crippen LogP contribution in [0.5, 0.6) is 0 Å². The first-order chi connectivity index (χ1) is 12.2. The topological polar surface area (TPSA) is 98.4 Å². The number of hydrogen-bond acceptors (Lipinski definition) is 6. The van der Waals surface area contributed by atoms with E-state index in [9.17, 15) is 4.79 Å². The molecular weight excluding hydrogens is 320 g/mol. The van der Waals surface area contributed by atoms with E-state index in [0.717, 1.165) is 30.3 Å². The van der Waals surface area contributed by atoms with E-state index in [2.05, 4.69) is 10.1 Å². The van der Waals surface area contributed by atoms with Gasteiger partial charge in [-0.05, 0) is 37.5 Å². The number of likely N-dealkylation sites (tertiary alicyclic amines) is 1. The van der Waals surface area contributed by atoms with Crippen LogP contribution in [0.15, 0.2) is 33.4 Å². The molecule has 1 saturated heterocycles. The molecule has 0 aromatic carbocycles. The maximum absolute atomic E-state index is 13.2. The number of fused-ring (bicyclic) bond motifs is 1. The molecule has 0 radical (unpaired) electrons. The Labute approximate surface area is 143 Å². The van der Waals surface area contributed by atoms with Gasteiger partial charge in [0, 0.05) is 25.0 Å². The van der Waals surface area contributed by atoms with Gasteiger partial charge in [-0.2, -0.15) is 0 Å². The van der Waals surface area contributed by atoms with Gasteiger partial charge < -0.3 is 19.6 Å². The van der Waals surface area contributed by atoms with Gasteiger partial charge in [-0.3, -0.25) is 4.79 Å². The predicted octanol–water partition coefficient (Wildman–Crippen LogP) is 2.53. The number of hydrogen-bond donors (Lipinski definition) is 1. The minimum absolute atomic E-state index is 0.0381. The normalized spacial score (nSPS) is 20.5. The molecule has 1 aliphatic heterocycles. The van der Waals surface area contributed by atoms with Crippen LogP contribution in [0.1, 0.15) is 41.2 Å². The molecule has 2 aliphatic rings. The first-order valence-corrected chi connectivity index (χ1v) is 8.60. The van der Waals surface area contributed by atoms with Gasteiger partial charge in [-0.15, -0.1) is 0 Å². The molecule has 128 valence electrons. The second kappa shape index (κ2) is 5.42. The third kappa shape index (κ3) is 2.42. The lowest BCUT2D eigenvalue weighted by atomic mass is 10.1. The van der Waals surface area contributed by atoms with Crippen molar-refractivity contribution >= 4 is 17.0 Å². The Morgan fingerprint density at radius 3 is 2.88 bits per heavy atom. The van der Waals surface area contributed by atoms with E-state index in [-0.39, 0.29) is 11.9 Å². The van der Waals surface area contributed by atoms with Crippen molar-refractivity contribution in [3.63, 3.8) is 0 Å². The van der Waals surface area contributed by atoms with Crippen molar-refractivity contribution in [2.45, 2.75) is 31.2 Å². The zero-order valence-corrected chi connectivity index (χ0v) is 13.6. The van der Waals surface area contributed by atoms with Crippen molar-refractivity contribution in [2.24, 2.45) is 5.73 Å². The van der Waals surface area contributed by atoms with Crippen LogP contribution in [-0.4, -0.2) is 40.1 Å². The monoisotopic (exact) mass is 338 g/mol. The molecule has 0 unspecified atom stereocenters.